The number of likely N-dealkylation sites (tertiary alicyclic amines) is 1. The molecule has 0 amide bonds. The maximum atomic E-state index is 11.3. The van der Waals surface area contributed by atoms with Gasteiger partial charge in [-0.3, -0.25) is 14.4 Å². The van der Waals surface area contributed by atoms with Crippen LogP contribution in [0.3, 0.4) is 0 Å². The summed E-state index contributed by atoms with van der Waals surface area (Å²) in [6.07, 6.45) is 1.75. The van der Waals surface area contributed by atoms with Crippen LogP contribution in [0.5, 0.6) is 0 Å². The summed E-state index contributed by atoms with van der Waals surface area (Å²) in [6, 6.07) is 2.08. The normalized spacial score (nSPS) is 18.4. The third kappa shape index (κ3) is 2.45. The van der Waals surface area contributed by atoms with E-state index in [4.69, 9.17) is 0 Å². The van der Waals surface area contributed by atoms with Crippen molar-refractivity contribution < 1.29 is 4.79 Å². The largest absolute Gasteiger partial charge is 0.298 e. The molecule has 4 nitrogen and oxygen atoms in total. The zero-order valence-electron chi connectivity index (χ0n) is 9.36. The van der Waals surface area contributed by atoms with Crippen LogP contribution < -0.4 is 0 Å². The highest BCUT2D eigenvalue weighted by atomic mass is 16.1. The fourth-order valence-electron chi connectivity index (χ4n) is 2.08. The van der Waals surface area contributed by atoms with Gasteiger partial charge in [0.1, 0.15) is 5.78 Å². The second-order valence-electron chi connectivity index (χ2n) is 4.25. The minimum absolute atomic E-state index is 0.361. The van der Waals surface area contributed by atoms with Crippen molar-refractivity contribution in [2.45, 2.75) is 26.3 Å². The van der Waals surface area contributed by atoms with Gasteiger partial charge in [0.05, 0.1) is 17.9 Å². The molecule has 1 aromatic rings. The van der Waals surface area contributed by atoms with E-state index in [0.29, 0.717) is 12.3 Å². The van der Waals surface area contributed by atoms with Crippen LogP contribution in [0.15, 0.2) is 6.07 Å². The highest BCUT2D eigenvalue weighted by Gasteiger charge is 2.17. The Kier molecular flexibility index (Phi) is 2.86. The number of nitrogens with zero attached hydrogens (tertiary/aromatic N) is 3. The van der Waals surface area contributed by atoms with E-state index < -0.39 is 0 Å². The van der Waals surface area contributed by atoms with Gasteiger partial charge in [0, 0.05) is 20.0 Å². The Balaban J connectivity index is 2.01. The molecule has 1 fully saturated rings. The molecular weight excluding hydrogens is 190 g/mol. The topological polar surface area (TPSA) is 38.1 Å². The first-order valence-electron chi connectivity index (χ1n) is 5.39. The first kappa shape index (κ1) is 10.4. The van der Waals surface area contributed by atoms with Gasteiger partial charge in [-0.15, -0.1) is 0 Å². The molecule has 0 N–H and O–H groups in total. The van der Waals surface area contributed by atoms with Crippen molar-refractivity contribution in [2.75, 3.05) is 13.1 Å². The van der Waals surface area contributed by atoms with Crippen LogP contribution in [-0.2, 0) is 18.4 Å². The Hall–Kier alpha value is -1.16. The van der Waals surface area contributed by atoms with Crippen LogP contribution in [0.4, 0.5) is 0 Å². The maximum absolute atomic E-state index is 11.3. The predicted molar refractivity (Wildman–Crippen MR) is 57.5 cm³/mol. The number of piperidine rings is 1. The average Bonchev–Trinajstić information content (AvgIpc) is 2.45. The van der Waals surface area contributed by atoms with E-state index in [0.717, 1.165) is 31.6 Å². The van der Waals surface area contributed by atoms with Crippen molar-refractivity contribution in [3.8, 4) is 0 Å². The summed E-state index contributed by atoms with van der Waals surface area (Å²) in [5.74, 6) is 0.361. The quantitative estimate of drug-likeness (QED) is 0.723. The molecule has 82 valence electrons. The Morgan fingerprint density at radius 3 is 2.93 bits per heavy atom. The standard InChI is InChI=1S/C11H17N3O/c1-9-6-10(13(2)12-9)7-14-5-3-4-11(15)8-14/h6H,3-5,7-8H2,1-2H3. The number of rotatable bonds is 2. The lowest BCUT2D eigenvalue weighted by Crippen LogP contribution is -2.35. The molecule has 0 aromatic carbocycles. The molecule has 0 radical (unpaired) electrons. The van der Waals surface area contributed by atoms with Gasteiger partial charge < -0.3 is 0 Å². The number of aryl methyl sites for hydroxylation is 2. The van der Waals surface area contributed by atoms with Crippen LogP contribution in [0.25, 0.3) is 0 Å². The lowest BCUT2D eigenvalue weighted by atomic mass is 10.1. The smallest absolute Gasteiger partial charge is 0.146 e. The fourth-order valence-corrected chi connectivity index (χ4v) is 2.08. The van der Waals surface area contributed by atoms with E-state index in [1.54, 1.807) is 0 Å². The van der Waals surface area contributed by atoms with E-state index in [1.165, 1.54) is 5.69 Å². The molecule has 0 aliphatic carbocycles. The SMILES string of the molecule is Cc1cc(CN2CCCC(=O)C2)n(C)n1. The summed E-state index contributed by atoms with van der Waals surface area (Å²) in [6.45, 7) is 4.45. The average molecular weight is 207 g/mol. The summed E-state index contributed by atoms with van der Waals surface area (Å²) in [5.41, 5.74) is 2.22. The molecular formula is C11H17N3O. The number of carbonyl (C=O) groups is 1. The fraction of sp³-hybridized carbons (Fsp3) is 0.636. The Morgan fingerprint density at radius 2 is 2.33 bits per heavy atom. The molecule has 1 aromatic heterocycles. The number of ketones is 1. The molecule has 0 saturated carbocycles. The number of aromatic nitrogens is 2. The first-order chi connectivity index (χ1) is 7.15. The molecule has 2 rings (SSSR count). The van der Waals surface area contributed by atoms with Gasteiger partial charge in [0.15, 0.2) is 0 Å². The minimum atomic E-state index is 0.361. The van der Waals surface area contributed by atoms with Crippen LogP contribution >= 0.6 is 0 Å². The van der Waals surface area contributed by atoms with E-state index in [9.17, 15) is 4.79 Å². The third-order valence-corrected chi connectivity index (χ3v) is 2.81. The second-order valence-corrected chi connectivity index (χ2v) is 4.25. The number of Topliss-reactive ketones (excluding diaryl/α,β-unsaturated/α-hetero) is 1. The Labute approximate surface area is 89.9 Å². The molecule has 15 heavy (non-hydrogen) atoms. The lowest BCUT2D eigenvalue weighted by molar-refractivity contribution is -0.122. The highest BCUT2D eigenvalue weighted by Crippen LogP contribution is 2.11. The zero-order valence-corrected chi connectivity index (χ0v) is 9.36. The van der Waals surface area contributed by atoms with Crippen LogP contribution in [0.1, 0.15) is 24.2 Å². The van der Waals surface area contributed by atoms with Gasteiger partial charge in [-0.25, -0.2) is 0 Å². The Bertz CT molecular complexity index is 370. The Morgan fingerprint density at radius 1 is 1.53 bits per heavy atom. The molecule has 1 aliphatic rings. The van der Waals surface area contributed by atoms with E-state index in [-0.39, 0.29) is 0 Å². The monoisotopic (exact) mass is 207 g/mol. The van der Waals surface area contributed by atoms with Gasteiger partial charge >= 0.3 is 0 Å². The summed E-state index contributed by atoms with van der Waals surface area (Å²) in [5, 5.41) is 4.30. The van der Waals surface area contributed by atoms with Gasteiger partial charge in [-0.1, -0.05) is 0 Å². The number of hydrogen-bond donors (Lipinski definition) is 0. The van der Waals surface area contributed by atoms with Crippen LogP contribution in [0.2, 0.25) is 0 Å². The minimum Gasteiger partial charge on any atom is -0.298 e. The van der Waals surface area contributed by atoms with E-state index in [1.807, 2.05) is 18.7 Å². The van der Waals surface area contributed by atoms with E-state index in [2.05, 4.69) is 16.1 Å². The van der Waals surface area contributed by atoms with Gasteiger partial charge in [0.25, 0.3) is 0 Å². The molecule has 1 saturated heterocycles. The molecule has 1 aliphatic heterocycles. The zero-order chi connectivity index (χ0) is 10.8. The van der Waals surface area contributed by atoms with Crippen molar-refractivity contribution >= 4 is 5.78 Å². The second kappa shape index (κ2) is 4.14. The highest BCUT2D eigenvalue weighted by molar-refractivity contribution is 5.81. The molecule has 0 atom stereocenters. The van der Waals surface area contributed by atoms with Crippen LogP contribution in [-0.4, -0.2) is 33.6 Å². The van der Waals surface area contributed by atoms with Crippen molar-refractivity contribution in [3.63, 3.8) is 0 Å². The maximum Gasteiger partial charge on any atom is 0.146 e. The summed E-state index contributed by atoms with van der Waals surface area (Å²) in [7, 11) is 1.95. The molecule has 4 heteroatoms. The summed E-state index contributed by atoms with van der Waals surface area (Å²) in [4.78, 5) is 13.5. The number of carbonyl (C=O) groups excluding carboxylic acids is 1. The molecule has 0 spiro atoms. The lowest BCUT2D eigenvalue weighted by Gasteiger charge is -2.25. The first-order valence-corrected chi connectivity index (χ1v) is 5.39. The van der Waals surface area contributed by atoms with Gasteiger partial charge in [-0.05, 0) is 26.0 Å². The molecule has 2 heterocycles. The van der Waals surface area contributed by atoms with Crippen molar-refractivity contribution in [1.82, 2.24) is 14.7 Å². The summed E-state index contributed by atoms with van der Waals surface area (Å²) >= 11 is 0. The third-order valence-electron chi connectivity index (χ3n) is 2.81. The van der Waals surface area contributed by atoms with E-state index >= 15 is 0 Å². The molecule has 0 bridgehead atoms. The predicted octanol–water partition coefficient (Wildman–Crippen LogP) is 0.893. The van der Waals surface area contributed by atoms with Crippen molar-refractivity contribution in [2.24, 2.45) is 7.05 Å². The van der Waals surface area contributed by atoms with Gasteiger partial charge in [0.2, 0.25) is 0 Å². The summed E-state index contributed by atoms with van der Waals surface area (Å²) < 4.78 is 1.90. The van der Waals surface area contributed by atoms with Crippen LogP contribution in [0, 0.1) is 6.92 Å². The molecule has 0 unspecified atom stereocenters. The van der Waals surface area contributed by atoms with Crippen molar-refractivity contribution in [3.05, 3.63) is 17.5 Å². The van der Waals surface area contributed by atoms with Crippen molar-refractivity contribution in [1.29, 1.82) is 0 Å². The van der Waals surface area contributed by atoms with Gasteiger partial charge in [-0.2, -0.15) is 5.10 Å². The number of hydrogen-bond acceptors (Lipinski definition) is 3.